The number of rotatable bonds is 5. The maximum atomic E-state index is 12.5. The van der Waals surface area contributed by atoms with Crippen molar-refractivity contribution in [2.75, 3.05) is 12.4 Å². The molecule has 130 valence electrons. The van der Waals surface area contributed by atoms with Crippen molar-refractivity contribution >= 4 is 11.9 Å². The first-order chi connectivity index (χ1) is 12.0. The minimum Gasteiger partial charge on any atom is -0.497 e. The summed E-state index contributed by atoms with van der Waals surface area (Å²) >= 11 is 0. The molecule has 0 aliphatic rings. The van der Waals surface area contributed by atoms with Gasteiger partial charge in [-0.2, -0.15) is 5.10 Å². The highest BCUT2D eigenvalue weighted by atomic mass is 16.5. The van der Waals surface area contributed by atoms with Gasteiger partial charge in [0.15, 0.2) is 0 Å². The number of carbonyl (C=O) groups excluding carboxylic acids is 1. The Morgan fingerprint density at radius 3 is 2.80 bits per heavy atom. The first-order valence-electron chi connectivity index (χ1n) is 7.83. The fraction of sp³-hybridized carbons (Fsp3) is 0.294. The van der Waals surface area contributed by atoms with Gasteiger partial charge >= 0.3 is 6.01 Å². The van der Waals surface area contributed by atoms with Crippen LogP contribution >= 0.6 is 0 Å². The van der Waals surface area contributed by atoms with Gasteiger partial charge in [0.2, 0.25) is 5.89 Å². The molecule has 1 aromatic carbocycles. The molecule has 0 aliphatic heterocycles. The molecule has 0 saturated heterocycles. The quantitative estimate of drug-likeness (QED) is 0.766. The summed E-state index contributed by atoms with van der Waals surface area (Å²) in [6.07, 6.45) is 0. The van der Waals surface area contributed by atoms with Gasteiger partial charge in [0.25, 0.3) is 5.91 Å². The predicted molar refractivity (Wildman–Crippen MR) is 91.6 cm³/mol. The van der Waals surface area contributed by atoms with Crippen LogP contribution in [0.5, 0.6) is 5.75 Å². The van der Waals surface area contributed by atoms with Crippen LogP contribution in [0, 0.1) is 6.92 Å². The van der Waals surface area contributed by atoms with Gasteiger partial charge in [0.1, 0.15) is 11.4 Å². The number of amides is 1. The molecule has 0 atom stereocenters. The van der Waals surface area contributed by atoms with Crippen LogP contribution in [0.1, 0.15) is 36.1 Å². The van der Waals surface area contributed by atoms with Crippen LogP contribution < -0.4 is 10.1 Å². The second-order valence-electron chi connectivity index (χ2n) is 5.81. The van der Waals surface area contributed by atoms with E-state index in [0.29, 0.717) is 22.9 Å². The van der Waals surface area contributed by atoms with Crippen LogP contribution in [0.25, 0.3) is 11.5 Å². The summed E-state index contributed by atoms with van der Waals surface area (Å²) in [6.45, 7) is 5.75. The molecule has 2 heterocycles. The molecular weight excluding hydrogens is 322 g/mol. The number of carbonyl (C=O) groups is 1. The largest absolute Gasteiger partial charge is 0.497 e. The molecule has 0 fully saturated rings. The van der Waals surface area contributed by atoms with E-state index < -0.39 is 0 Å². The third kappa shape index (κ3) is 3.52. The molecule has 8 nitrogen and oxygen atoms in total. The molecule has 0 saturated carbocycles. The molecule has 0 aliphatic carbocycles. The number of benzene rings is 1. The number of hydrogen-bond acceptors (Lipinski definition) is 6. The first kappa shape index (κ1) is 16.7. The van der Waals surface area contributed by atoms with E-state index in [-0.39, 0.29) is 18.0 Å². The van der Waals surface area contributed by atoms with Crippen molar-refractivity contribution in [1.82, 2.24) is 20.0 Å². The third-order valence-electron chi connectivity index (χ3n) is 3.54. The maximum absolute atomic E-state index is 12.5. The van der Waals surface area contributed by atoms with Gasteiger partial charge in [-0.05, 0) is 45.0 Å². The van der Waals surface area contributed by atoms with Crippen molar-refractivity contribution in [2.24, 2.45) is 0 Å². The second-order valence-corrected chi connectivity index (χ2v) is 5.81. The first-order valence-corrected chi connectivity index (χ1v) is 7.83. The summed E-state index contributed by atoms with van der Waals surface area (Å²) in [5.74, 6) is 0.621. The van der Waals surface area contributed by atoms with Crippen molar-refractivity contribution in [3.63, 3.8) is 0 Å². The summed E-state index contributed by atoms with van der Waals surface area (Å²) in [5, 5.41) is 14.8. The van der Waals surface area contributed by atoms with E-state index in [1.165, 1.54) is 0 Å². The molecule has 0 bridgehead atoms. The number of nitrogens with one attached hydrogen (secondary N) is 1. The molecule has 8 heteroatoms. The highest BCUT2D eigenvalue weighted by Gasteiger charge is 2.19. The standard InChI is InChI=1S/C17H19N5O3/c1-10(2)22-14(8-11(3)21-22)15(23)18-17-20-19-16(25-17)12-6-5-7-13(9-12)24-4/h5-10H,1-4H3,(H,18,20,23). The monoisotopic (exact) mass is 341 g/mol. The highest BCUT2D eigenvalue weighted by Crippen LogP contribution is 2.24. The molecular formula is C17H19N5O3. The molecule has 0 unspecified atom stereocenters. The van der Waals surface area contributed by atoms with Crippen LogP contribution in [0.3, 0.4) is 0 Å². The smallest absolute Gasteiger partial charge is 0.322 e. The lowest BCUT2D eigenvalue weighted by Gasteiger charge is -2.09. The van der Waals surface area contributed by atoms with Crippen molar-refractivity contribution in [2.45, 2.75) is 26.8 Å². The van der Waals surface area contributed by atoms with E-state index in [1.807, 2.05) is 39.0 Å². The summed E-state index contributed by atoms with van der Waals surface area (Å²) in [4.78, 5) is 12.5. The molecule has 1 amide bonds. The van der Waals surface area contributed by atoms with Gasteiger partial charge in [-0.3, -0.25) is 14.8 Å². The Bertz CT molecular complexity index is 897. The Morgan fingerprint density at radius 1 is 1.28 bits per heavy atom. The van der Waals surface area contributed by atoms with E-state index in [2.05, 4.69) is 20.6 Å². The van der Waals surface area contributed by atoms with Crippen LogP contribution in [-0.4, -0.2) is 33.0 Å². The fourth-order valence-corrected chi connectivity index (χ4v) is 2.39. The van der Waals surface area contributed by atoms with Gasteiger partial charge in [0, 0.05) is 11.6 Å². The number of methoxy groups -OCH3 is 1. The second kappa shape index (κ2) is 6.76. The number of ether oxygens (including phenoxy) is 1. The number of nitrogens with zero attached hydrogens (tertiary/aromatic N) is 4. The minimum atomic E-state index is -0.352. The number of anilines is 1. The Balaban J connectivity index is 1.80. The third-order valence-corrected chi connectivity index (χ3v) is 3.54. The lowest BCUT2D eigenvalue weighted by atomic mass is 10.2. The van der Waals surface area contributed by atoms with Crippen LogP contribution in [0.15, 0.2) is 34.7 Å². The molecule has 3 rings (SSSR count). The summed E-state index contributed by atoms with van der Waals surface area (Å²) in [5.41, 5.74) is 1.91. The zero-order valence-corrected chi connectivity index (χ0v) is 14.5. The Morgan fingerprint density at radius 2 is 2.08 bits per heavy atom. The minimum absolute atomic E-state index is 0.0250. The topological polar surface area (TPSA) is 95.1 Å². The lowest BCUT2D eigenvalue weighted by molar-refractivity contribution is 0.101. The van der Waals surface area contributed by atoms with Crippen molar-refractivity contribution in [1.29, 1.82) is 0 Å². The van der Waals surface area contributed by atoms with Gasteiger partial charge in [-0.25, -0.2) is 0 Å². The summed E-state index contributed by atoms with van der Waals surface area (Å²) in [7, 11) is 1.58. The summed E-state index contributed by atoms with van der Waals surface area (Å²) < 4.78 is 12.4. The highest BCUT2D eigenvalue weighted by molar-refractivity contribution is 6.02. The van der Waals surface area contributed by atoms with Crippen molar-refractivity contribution in [3.8, 4) is 17.2 Å². The van der Waals surface area contributed by atoms with Crippen LogP contribution in [-0.2, 0) is 0 Å². The molecule has 2 aromatic heterocycles. The average Bonchev–Trinajstić information content (AvgIpc) is 3.21. The number of aryl methyl sites for hydroxylation is 1. The number of aromatic nitrogens is 4. The molecule has 1 N–H and O–H groups in total. The average molecular weight is 341 g/mol. The fourth-order valence-electron chi connectivity index (χ4n) is 2.39. The Hall–Kier alpha value is -3.16. The van der Waals surface area contributed by atoms with Crippen molar-refractivity contribution < 1.29 is 13.9 Å². The molecule has 0 radical (unpaired) electrons. The SMILES string of the molecule is COc1cccc(-c2nnc(NC(=O)c3cc(C)nn3C(C)C)o2)c1. The van der Waals surface area contributed by atoms with E-state index >= 15 is 0 Å². The predicted octanol–water partition coefficient (Wildman–Crippen LogP) is 3.08. The van der Waals surface area contributed by atoms with Gasteiger partial charge in [-0.15, -0.1) is 5.10 Å². The molecule has 0 spiro atoms. The zero-order valence-electron chi connectivity index (χ0n) is 14.5. The van der Waals surface area contributed by atoms with Gasteiger partial charge in [-0.1, -0.05) is 11.2 Å². The van der Waals surface area contributed by atoms with E-state index in [9.17, 15) is 4.79 Å². The van der Waals surface area contributed by atoms with Gasteiger partial charge < -0.3 is 9.15 Å². The summed E-state index contributed by atoms with van der Waals surface area (Å²) in [6, 6.07) is 9.03. The lowest BCUT2D eigenvalue weighted by Crippen LogP contribution is -2.19. The molecule has 3 aromatic rings. The van der Waals surface area contributed by atoms with Crippen molar-refractivity contribution in [3.05, 3.63) is 41.7 Å². The van der Waals surface area contributed by atoms with Gasteiger partial charge in [0.05, 0.1) is 12.8 Å². The van der Waals surface area contributed by atoms with E-state index in [1.54, 1.807) is 23.9 Å². The van der Waals surface area contributed by atoms with E-state index in [0.717, 1.165) is 5.69 Å². The zero-order chi connectivity index (χ0) is 18.0. The Kier molecular flexibility index (Phi) is 4.51. The Labute approximate surface area is 144 Å². The van der Waals surface area contributed by atoms with Crippen LogP contribution in [0.2, 0.25) is 0 Å². The normalized spacial score (nSPS) is 10.9. The van der Waals surface area contributed by atoms with Crippen LogP contribution in [0.4, 0.5) is 6.01 Å². The number of hydrogen-bond donors (Lipinski definition) is 1. The maximum Gasteiger partial charge on any atom is 0.322 e. The molecule has 25 heavy (non-hydrogen) atoms. The van der Waals surface area contributed by atoms with E-state index in [4.69, 9.17) is 9.15 Å².